The van der Waals surface area contributed by atoms with Crippen molar-refractivity contribution in [1.82, 2.24) is 43.5 Å². The standard InChI is InChI=1S/C24H26ClN9O2S/c1-16-22(23(25)31(2)30-16)37(35,36)33-12-10-32(11-13-33)15-21-29-19-8-5-9-26-24(19)34(21)14-20-27-17-6-3-4-7-18(17)28-20/h3-9H,10-15H2,1-2H3,(H,27,28). The third-order valence-electron chi connectivity index (χ3n) is 6.72. The van der Waals surface area contributed by atoms with E-state index in [1.165, 1.54) is 8.99 Å². The Bertz CT molecular complexity index is 1680. The van der Waals surface area contributed by atoms with Gasteiger partial charge in [0.05, 0.1) is 29.8 Å². The third kappa shape index (κ3) is 4.29. The summed E-state index contributed by atoms with van der Waals surface area (Å²) in [6.45, 7) is 4.58. The number of fused-ring (bicyclic) bond motifs is 2. The Morgan fingerprint density at radius 1 is 1.00 bits per heavy atom. The zero-order chi connectivity index (χ0) is 25.7. The number of benzene rings is 1. The minimum Gasteiger partial charge on any atom is -0.340 e. The second-order valence-electron chi connectivity index (χ2n) is 9.17. The van der Waals surface area contributed by atoms with Crippen LogP contribution in [0.1, 0.15) is 17.3 Å². The summed E-state index contributed by atoms with van der Waals surface area (Å²) in [6, 6.07) is 11.8. The SMILES string of the molecule is Cc1nn(C)c(Cl)c1S(=O)(=O)N1CCN(Cc2nc3cccnc3n2Cc2nc3ccccc3[nH]2)CC1. The number of halogens is 1. The van der Waals surface area contributed by atoms with Crippen LogP contribution in [0.25, 0.3) is 22.2 Å². The van der Waals surface area contributed by atoms with Crippen LogP contribution in [0, 0.1) is 6.92 Å². The van der Waals surface area contributed by atoms with Gasteiger partial charge in [0, 0.05) is 39.4 Å². The molecule has 0 saturated carbocycles. The van der Waals surface area contributed by atoms with Crippen LogP contribution in [-0.4, -0.2) is 78.1 Å². The van der Waals surface area contributed by atoms with E-state index in [4.69, 9.17) is 21.6 Å². The molecule has 11 nitrogen and oxygen atoms in total. The number of sulfonamides is 1. The van der Waals surface area contributed by atoms with Crippen molar-refractivity contribution in [2.24, 2.45) is 7.05 Å². The van der Waals surface area contributed by atoms with Gasteiger partial charge in [0.2, 0.25) is 10.0 Å². The first-order valence-electron chi connectivity index (χ1n) is 12.0. The highest BCUT2D eigenvalue weighted by molar-refractivity contribution is 7.89. The molecule has 192 valence electrons. The van der Waals surface area contributed by atoms with Gasteiger partial charge >= 0.3 is 0 Å². The molecule has 0 unspecified atom stereocenters. The maximum atomic E-state index is 13.3. The van der Waals surface area contributed by atoms with Crippen LogP contribution in [0.5, 0.6) is 0 Å². The average molecular weight is 540 g/mol. The van der Waals surface area contributed by atoms with E-state index in [1.54, 1.807) is 20.2 Å². The van der Waals surface area contributed by atoms with Crippen molar-refractivity contribution >= 4 is 43.8 Å². The highest BCUT2D eigenvalue weighted by Gasteiger charge is 2.34. The summed E-state index contributed by atoms with van der Waals surface area (Å²) in [5.74, 6) is 1.68. The number of para-hydroxylation sites is 2. The van der Waals surface area contributed by atoms with Gasteiger partial charge in [-0.1, -0.05) is 23.7 Å². The number of nitrogens with one attached hydrogen (secondary N) is 1. The van der Waals surface area contributed by atoms with Crippen molar-refractivity contribution in [3.05, 3.63) is 65.1 Å². The molecule has 0 spiro atoms. The zero-order valence-corrected chi connectivity index (χ0v) is 22.0. The number of aromatic nitrogens is 7. The third-order valence-corrected chi connectivity index (χ3v) is 9.32. The topological polar surface area (TPSA) is 118 Å². The average Bonchev–Trinajstić information content (AvgIpc) is 3.52. The number of H-pyrrole nitrogens is 1. The van der Waals surface area contributed by atoms with Gasteiger partial charge in [0.1, 0.15) is 27.2 Å². The minimum atomic E-state index is -3.73. The molecule has 37 heavy (non-hydrogen) atoms. The van der Waals surface area contributed by atoms with E-state index in [0.717, 1.165) is 33.8 Å². The molecule has 0 aliphatic carbocycles. The molecule has 5 aromatic rings. The summed E-state index contributed by atoms with van der Waals surface area (Å²) in [7, 11) is -2.10. The Hall–Kier alpha value is -3.32. The number of piperazine rings is 1. The van der Waals surface area contributed by atoms with Gasteiger partial charge in [-0.3, -0.25) is 9.58 Å². The highest BCUT2D eigenvalue weighted by Crippen LogP contribution is 2.28. The number of hydrogen-bond acceptors (Lipinski definition) is 7. The number of imidazole rings is 2. The Labute approximate surface area is 218 Å². The van der Waals surface area contributed by atoms with Crippen molar-refractivity contribution in [2.75, 3.05) is 26.2 Å². The minimum absolute atomic E-state index is 0.0869. The fourth-order valence-corrected chi connectivity index (χ4v) is 7.01. The molecule has 1 aliphatic rings. The first kappa shape index (κ1) is 24.0. The molecular formula is C24H26ClN9O2S. The van der Waals surface area contributed by atoms with Crippen molar-refractivity contribution in [3.8, 4) is 0 Å². The van der Waals surface area contributed by atoms with Gasteiger partial charge in [-0.2, -0.15) is 9.40 Å². The fraction of sp³-hybridized carbons (Fsp3) is 0.333. The Kier molecular flexibility index (Phi) is 5.98. The quantitative estimate of drug-likeness (QED) is 0.352. The maximum Gasteiger partial charge on any atom is 0.248 e. The molecule has 6 rings (SSSR count). The fourth-order valence-electron chi connectivity index (χ4n) is 4.88. The van der Waals surface area contributed by atoms with Crippen LogP contribution in [0.15, 0.2) is 47.5 Å². The molecule has 5 heterocycles. The molecule has 1 aliphatic heterocycles. The first-order valence-corrected chi connectivity index (χ1v) is 13.8. The van der Waals surface area contributed by atoms with E-state index in [-0.39, 0.29) is 10.0 Å². The molecular weight excluding hydrogens is 514 g/mol. The molecule has 0 atom stereocenters. The molecule has 1 N–H and O–H groups in total. The van der Waals surface area contributed by atoms with Gasteiger partial charge in [-0.15, -0.1) is 0 Å². The normalized spacial score (nSPS) is 15.8. The summed E-state index contributed by atoms with van der Waals surface area (Å²) in [4.78, 5) is 19.8. The molecule has 0 bridgehead atoms. The molecule has 4 aromatic heterocycles. The van der Waals surface area contributed by atoms with Gasteiger partial charge < -0.3 is 9.55 Å². The second-order valence-corrected chi connectivity index (χ2v) is 11.4. The predicted octanol–water partition coefficient (Wildman–Crippen LogP) is 2.56. The zero-order valence-electron chi connectivity index (χ0n) is 20.5. The Morgan fingerprint density at radius 2 is 1.76 bits per heavy atom. The number of aromatic amines is 1. The van der Waals surface area contributed by atoms with Crippen LogP contribution < -0.4 is 0 Å². The van der Waals surface area contributed by atoms with Crippen LogP contribution in [0.3, 0.4) is 0 Å². The smallest absolute Gasteiger partial charge is 0.248 e. The van der Waals surface area contributed by atoms with Crippen molar-refractivity contribution in [2.45, 2.75) is 24.9 Å². The van der Waals surface area contributed by atoms with Crippen LogP contribution in [-0.2, 0) is 30.2 Å². The largest absolute Gasteiger partial charge is 0.340 e. The number of hydrogen-bond donors (Lipinski definition) is 1. The number of rotatable bonds is 6. The molecule has 1 aromatic carbocycles. The summed E-state index contributed by atoms with van der Waals surface area (Å²) in [6.07, 6.45) is 1.76. The predicted molar refractivity (Wildman–Crippen MR) is 140 cm³/mol. The summed E-state index contributed by atoms with van der Waals surface area (Å²) < 4.78 is 31.5. The van der Waals surface area contributed by atoms with E-state index < -0.39 is 10.0 Å². The number of nitrogens with zero attached hydrogens (tertiary/aromatic N) is 8. The van der Waals surface area contributed by atoms with E-state index >= 15 is 0 Å². The lowest BCUT2D eigenvalue weighted by atomic mass is 10.3. The van der Waals surface area contributed by atoms with Crippen molar-refractivity contribution < 1.29 is 8.42 Å². The number of pyridine rings is 1. The first-order chi connectivity index (χ1) is 17.8. The molecule has 0 amide bonds. The number of aryl methyl sites for hydroxylation is 2. The van der Waals surface area contributed by atoms with Gasteiger partial charge in [0.25, 0.3) is 0 Å². The van der Waals surface area contributed by atoms with Crippen molar-refractivity contribution in [1.29, 1.82) is 0 Å². The summed E-state index contributed by atoms with van der Waals surface area (Å²) >= 11 is 6.26. The molecule has 0 radical (unpaired) electrons. The van der Waals surface area contributed by atoms with E-state index in [2.05, 4.69) is 24.5 Å². The Morgan fingerprint density at radius 3 is 2.49 bits per heavy atom. The van der Waals surface area contributed by atoms with Gasteiger partial charge in [0.15, 0.2) is 5.65 Å². The summed E-state index contributed by atoms with van der Waals surface area (Å²) in [5.41, 5.74) is 3.91. The molecule has 1 fully saturated rings. The maximum absolute atomic E-state index is 13.3. The highest BCUT2D eigenvalue weighted by atomic mass is 35.5. The Balaban J connectivity index is 1.22. The van der Waals surface area contributed by atoms with E-state index in [1.807, 2.05) is 36.4 Å². The lowest BCUT2D eigenvalue weighted by Gasteiger charge is -2.33. The lowest BCUT2D eigenvalue weighted by molar-refractivity contribution is 0.176. The second kappa shape index (κ2) is 9.21. The van der Waals surface area contributed by atoms with E-state index in [9.17, 15) is 8.42 Å². The molecule has 13 heteroatoms. The van der Waals surface area contributed by atoms with Crippen molar-refractivity contribution in [3.63, 3.8) is 0 Å². The van der Waals surface area contributed by atoms with Gasteiger partial charge in [-0.25, -0.2) is 23.4 Å². The lowest BCUT2D eigenvalue weighted by Crippen LogP contribution is -2.48. The van der Waals surface area contributed by atoms with Crippen LogP contribution in [0.4, 0.5) is 0 Å². The molecule has 1 saturated heterocycles. The van der Waals surface area contributed by atoms with Gasteiger partial charge in [-0.05, 0) is 31.2 Å². The summed E-state index contributed by atoms with van der Waals surface area (Å²) in [5, 5.41) is 4.30. The van der Waals surface area contributed by atoms with E-state index in [0.29, 0.717) is 45.0 Å². The monoisotopic (exact) mass is 539 g/mol. The van der Waals surface area contributed by atoms with Crippen LogP contribution in [0.2, 0.25) is 5.15 Å². The van der Waals surface area contributed by atoms with Crippen LogP contribution >= 0.6 is 11.6 Å².